The highest BCUT2D eigenvalue weighted by Crippen LogP contribution is 2.30. The molecule has 0 heterocycles. The summed E-state index contributed by atoms with van der Waals surface area (Å²) in [5.41, 5.74) is 13.1. The fourth-order valence-corrected chi connectivity index (χ4v) is 1.44. The van der Waals surface area contributed by atoms with Crippen LogP contribution in [0, 0.1) is 18.2 Å². The van der Waals surface area contributed by atoms with Crippen molar-refractivity contribution >= 4 is 0 Å². The van der Waals surface area contributed by atoms with Crippen LogP contribution in [0.3, 0.4) is 0 Å². The van der Waals surface area contributed by atoms with E-state index >= 15 is 0 Å². The van der Waals surface area contributed by atoms with Gasteiger partial charge in [0.15, 0.2) is 0 Å². The SMILES string of the molecule is Cc1cc(C(N)C(C)(C)CN)ccc1F. The molecule has 1 rings (SSSR count). The maximum atomic E-state index is 13.1. The second-order valence-corrected chi connectivity index (χ2v) is 4.68. The smallest absolute Gasteiger partial charge is 0.126 e. The number of halogens is 1. The molecule has 3 heteroatoms. The highest BCUT2D eigenvalue weighted by Gasteiger charge is 2.26. The fraction of sp³-hybridized carbons (Fsp3) is 0.500. The van der Waals surface area contributed by atoms with Crippen LogP contribution >= 0.6 is 0 Å². The van der Waals surface area contributed by atoms with Gasteiger partial charge in [-0.25, -0.2) is 4.39 Å². The summed E-state index contributed by atoms with van der Waals surface area (Å²) >= 11 is 0. The molecule has 0 fully saturated rings. The van der Waals surface area contributed by atoms with E-state index < -0.39 is 0 Å². The van der Waals surface area contributed by atoms with E-state index in [1.807, 2.05) is 13.8 Å². The van der Waals surface area contributed by atoms with Crippen molar-refractivity contribution in [3.63, 3.8) is 0 Å². The van der Waals surface area contributed by atoms with Gasteiger partial charge in [0.25, 0.3) is 0 Å². The van der Waals surface area contributed by atoms with E-state index in [2.05, 4.69) is 0 Å². The Labute approximate surface area is 90.5 Å². The minimum Gasteiger partial charge on any atom is -0.330 e. The first-order chi connectivity index (χ1) is 6.88. The van der Waals surface area contributed by atoms with E-state index in [1.165, 1.54) is 6.07 Å². The van der Waals surface area contributed by atoms with Gasteiger partial charge in [0.05, 0.1) is 0 Å². The van der Waals surface area contributed by atoms with Crippen molar-refractivity contribution < 1.29 is 4.39 Å². The van der Waals surface area contributed by atoms with Crippen molar-refractivity contribution in [3.8, 4) is 0 Å². The van der Waals surface area contributed by atoms with Crippen LogP contribution in [0.4, 0.5) is 4.39 Å². The molecule has 0 aliphatic heterocycles. The first-order valence-corrected chi connectivity index (χ1v) is 5.10. The summed E-state index contributed by atoms with van der Waals surface area (Å²) in [5, 5.41) is 0. The van der Waals surface area contributed by atoms with E-state index in [0.29, 0.717) is 12.1 Å². The van der Waals surface area contributed by atoms with Crippen molar-refractivity contribution in [2.24, 2.45) is 16.9 Å². The Morgan fingerprint density at radius 2 is 2.00 bits per heavy atom. The summed E-state index contributed by atoms with van der Waals surface area (Å²) in [4.78, 5) is 0. The zero-order chi connectivity index (χ0) is 11.6. The highest BCUT2D eigenvalue weighted by atomic mass is 19.1. The number of hydrogen-bond acceptors (Lipinski definition) is 2. The Morgan fingerprint density at radius 3 is 2.47 bits per heavy atom. The molecule has 0 aliphatic carbocycles. The van der Waals surface area contributed by atoms with Crippen molar-refractivity contribution in [3.05, 3.63) is 35.1 Å². The molecule has 15 heavy (non-hydrogen) atoms. The number of benzene rings is 1. The molecule has 0 saturated heterocycles. The zero-order valence-corrected chi connectivity index (χ0v) is 9.55. The lowest BCUT2D eigenvalue weighted by Gasteiger charge is -2.30. The normalized spacial score (nSPS) is 14.0. The molecule has 0 bridgehead atoms. The van der Waals surface area contributed by atoms with Crippen molar-refractivity contribution in [1.29, 1.82) is 0 Å². The molecule has 1 aromatic rings. The van der Waals surface area contributed by atoms with Crippen LogP contribution in [0.5, 0.6) is 0 Å². The predicted molar refractivity (Wildman–Crippen MR) is 60.9 cm³/mol. The van der Waals surface area contributed by atoms with E-state index in [1.54, 1.807) is 19.1 Å². The maximum absolute atomic E-state index is 13.1. The first-order valence-electron chi connectivity index (χ1n) is 5.10. The van der Waals surface area contributed by atoms with Gasteiger partial charge in [-0.3, -0.25) is 0 Å². The minimum absolute atomic E-state index is 0.165. The average Bonchev–Trinajstić information content (AvgIpc) is 2.21. The van der Waals surface area contributed by atoms with Crippen LogP contribution in [-0.4, -0.2) is 6.54 Å². The number of rotatable bonds is 3. The second-order valence-electron chi connectivity index (χ2n) is 4.68. The number of aryl methyl sites for hydroxylation is 1. The Kier molecular flexibility index (Phi) is 3.47. The monoisotopic (exact) mass is 210 g/mol. The van der Waals surface area contributed by atoms with Crippen LogP contribution in [0.25, 0.3) is 0 Å². The molecular weight excluding hydrogens is 191 g/mol. The molecule has 84 valence electrons. The zero-order valence-electron chi connectivity index (χ0n) is 9.55. The molecule has 4 N–H and O–H groups in total. The van der Waals surface area contributed by atoms with Gasteiger partial charge < -0.3 is 11.5 Å². The summed E-state index contributed by atoms with van der Waals surface area (Å²) in [7, 11) is 0. The van der Waals surface area contributed by atoms with Crippen LogP contribution in [0.15, 0.2) is 18.2 Å². The Morgan fingerprint density at radius 1 is 1.40 bits per heavy atom. The lowest BCUT2D eigenvalue weighted by atomic mass is 9.81. The third-order valence-electron chi connectivity index (χ3n) is 2.91. The maximum Gasteiger partial charge on any atom is 0.126 e. The molecule has 0 aliphatic rings. The average molecular weight is 210 g/mol. The minimum atomic E-state index is -0.198. The molecule has 1 atom stereocenters. The van der Waals surface area contributed by atoms with Crippen LogP contribution in [-0.2, 0) is 0 Å². The lowest BCUT2D eigenvalue weighted by molar-refractivity contribution is 0.301. The predicted octanol–water partition coefficient (Wildman–Crippen LogP) is 2.12. The third kappa shape index (κ3) is 2.55. The van der Waals surface area contributed by atoms with E-state index in [-0.39, 0.29) is 17.3 Å². The topological polar surface area (TPSA) is 52.0 Å². The Hall–Kier alpha value is -0.930. The first kappa shape index (κ1) is 12.1. The van der Waals surface area contributed by atoms with Gasteiger partial charge in [-0.1, -0.05) is 26.0 Å². The molecule has 0 spiro atoms. The van der Waals surface area contributed by atoms with Gasteiger partial charge in [0, 0.05) is 6.04 Å². The van der Waals surface area contributed by atoms with Crippen LogP contribution in [0.2, 0.25) is 0 Å². The summed E-state index contributed by atoms with van der Waals surface area (Å²) < 4.78 is 13.1. The number of nitrogens with two attached hydrogens (primary N) is 2. The van der Waals surface area contributed by atoms with E-state index in [4.69, 9.17) is 11.5 Å². The summed E-state index contributed by atoms with van der Waals surface area (Å²) in [6.07, 6.45) is 0. The van der Waals surface area contributed by atoms with Crippen LogP contribution in [0.1, 0.15) is 31.0 Å². The van der Waals surface area contributed by atoms with Gasteiger partial charge >= 0.3 is 0 Å². The molecule has 0 saturated carbocycles. The van der Waals surface area contributed by atoms with E-state index in [9.17, 15) is 4.39 Å². The van der Waals surface area contributed by atoms with Crippen molar-refractivity contribution in [2.75, 3.05) is 6.54 Å². The summed E-state index contributed by atoms with van der Waals surface area (Å²) in [6, 6.07) is 4.81. The number of hydrogen-bond donors (Lipinski definition) is 2. The molecule has 1 aromatic carbocycles. The van der Waals surface area contributed by atoms with Gasteiger partial charge in [-0.15, -0.1) is 0 Å². The highest BCUT2D eigenvalue weighted by molar-refractivity contribution is 5.27. The molecular formula is C12H19FN2. The molecule has 2 nitrogen and oxygen atoms in total. The largest absolute Gasteiger partial charge is 0.330 e. The van der Waals surface area contributed by atoms with Gasteiger partial charge in [-0.05, 0) is 36.1 Å². The molecule has 1 unspecified atom stereocenters. The van der Waals surface area contributed by atoms with Crippen molar-refractivity contribution in [2.45, 2.75) is 26.8 Å². The quantitative estimate of drug-likeness (QED) is 0.803. The summed E-state index contributed by atoms with van der Waals surface area (Å²) in [6.45, 7) is 6.26. The van der Waals surface area contributed by atoms with Gasteiger partial charge in [0.1, 0.15) is 5.82 Å². The summed E-state index contributed by atoms with van der Waals surface area (Å²) in [5.74, 6) is -0.198. The third-order valence-corrected chi connectivity index (χ3v) is 2.91. The van der Waals surface area contributed by atoms with Crippen molar-refractivity contribution in [1.82, 2.24) is 0 Å². The standard InChI is InChI=1S/C12H19FN2/c1-8-6-9(4-5-10(8)13)11(15)12(2,3)7-14/h4-6,11H,7,14-15H2,1-3H3. The Balaban J connectivity index is 3.02. The van der Waals surface area contributed by atoms with Crippen LogP contribution < -0.4 is 11.5 Å². The second kappa shape index (κ2) is 4.29. The van der Waals surface area contributed by atoms with Gasteiger partial charge in [0.2, 0.25) is 0 Å². The lowest BCUT2D eigenvalue weighted by Crippen LogP contribution is -2.35. The molecule has 0 radical (unpaired) electrons. The molecule has 0 amide bonds. The fourth-order valence-electron chi connectivity index (χ4n) is 1.44. The molecule has 0 aromatic heterocycles. The van der Waals surface area contributed by atoms with Gasteiger partial charge in [-0.2, -0.15) is 0 Å². The van der Waals surface area contributed by atoms with E-state index in [0.717, 1.165) is 5.56 Å². The Bertz CT molecular complexity index is 347.